The topological polar surface area (TPSA) is 35.6 Å². The largest absolute Gasteiger partial charge is 0.338 e. The van der Waals surface area contributed by atoms with Crippen molar-refractivity contribution in [2.75, 3.05) is 26.2 Å². The summed E-state index contributed by atoms with van der Waals surface area (Å²) in [4.78, 5) is 17.7. The maximum atomic E-state index is 13.8. The van der Waals surface area contributed by atoms with Crippen LogP contribution in [0.4, 0.5) is 4.39 Å². The van der Waals surface area contributed by atoms with Gasteiger partial charge >= 0.3 is 0 Å². The molecule has 4 rings (SSSR count). The highest BCUT2D eigenvalue weighted by atomic mass is 19.1. The maximum Gasteiger partial charge on any atom is 0.222 e. The lowest BCUT2D eigenvalue weighted by atomic mass is 9.91. The van der Waals surface area contributed by atoms with Crippen LogP contribution in [0.2, 0.25) is 0 Å². The SMILES string of the molecule is O=C1CCC(CCNCc2ccccc2F)N1CC1(N2CCCCC2)CCCC1. The van der Waals surface area contributed by atoms with Gasteiger partial charge in [-0.05, 0) is 64.2 Å². The number of nitrogens with zero attached hydrogens (tertiary/aromatic N) is 2. The average Bonchev–Trinajstić information content (AvgIpc) is 3.36. The molecule has 1 atom stereocenters. The number of nitrogens with one attached hydrogen (secondary N) is 1. The molecule has 2 heterocycles. The van der Waals surface area contributed by atoms with Crippen LogP contribution < -0.4 is 5.32 Å². The summed E-state index contributed by atoms with van der Waals surface area (Å²) in [7, 11) is 0. The van der Waals surface area contributed by atoms with Crippen LogP contribution in [0.3, 0.4) is 0 Å². The summed E-state index contributed by atoms with van der Waals surface area (Å²) >= 11 is 0. The first kappa shape index (κ1) is 20.8. The van der Waals surface area contributed by atoms with E-state index in [9.17, 15) is 9.18 Å². The Labute approximate surface area is 174 Å². The van der Waals surface area contributed by atoms with Gasteiger partial charge in [0.1, 0.15) is 5.82 Å². The Hall–Kier alpha value is -1.46. The van der Waals surface area contributed by atoms with Gasteiger partial charge in [-0.3, -0.25) is 9.69 Å². The number of carbonyl (C=O) groups is 1. The molecule has 29 heavy (non-hydrogen) atoms. The first-order chi connectivity index (χ1) is 14.2. The van der Waals surface area contributed by atoms with E-state index in [1.54, 1.807) is 6.07 Å². The highest BCUT2D eigenvalue weighted by Gasteiger charge is 2.44. The normalized spacial score (nSPS) is 25.1. The summed E-state index contributed by atoms with van der Waals surface area (Å²) in [6.07, 6.45) is 11.7. The van der Waals surface area contributed by atoms with Gasteiger partial charge in [-0.1, -0.05) is 37.5 Å². The van der Waals surface area contributed by atoms with Gasteiger partial charge in [-0.25, -0.2) is 4.39 Å². The summed E-state index contributed by atoms with van der Waals surface area (Å²) < 4.78 is 13.8. The summed E-state index contributed by atoms with van der Waals surface area (Å²) in [6.45, 7) is 4.70. The maximum absolute atomic E-state index is 13.8. The van der Waals surface area contributed by atoms with Crippen LogP contribution in [0, 0.1) is 5.82 Å². The van der Waals surface area contributed by atoms with Gasteiger partial charge in [0.15, 0.2) is 0 Å². The zero-order chi connectivity index (χ0) is 20.1. The number of likely N-dealkylation sites (tertiary alicyclic amines) is 2. The van der Waals surface area contributed by atoms with Gasteiger partial charge in [0, 0.05) is 36.7 Å². The fraction of sp³-hybridized carbons (Fsp3) is 0.708. The Morgan fingerprint density at radius 2 is 1.83 bits per heavy atom. The van der Waals surface area contributed by atoms with Gasteiger partial charge in [-0.15, -0.1) is 0 Å². The van der Waals surface area contributed by atoms with E-state index in [0.29, 0.717) is 30.5 Å². The summed E-state index contributed by atoms with van der Waals surface area (Å²) in [5.41, 5.74) is 0.932. The minimum absolute atomic E-state index is 0.151. The Balaban J connectivity index is 1.33. The van der Waals surface area contributed by atoms with Gasteiger partial charge < -0.3 is 10.2 Å². The number of piperidine rings is 1. The third-order valence-corrected chi connectivity index (χ3v) is 7.41. The molecule has 2 saturated heterocycles. The van der Waals surface area contributed by atoms with E-state index >= 15 is 0 Å². The third kappa shape index (κ3) is 4.83. The number of halogens is 1. The van der Waals surface area contributed by atoms with Gasteiger partial charge in [0.2, 0.25) is 5.91 Å². The number of benzene rings is 1. The van der Waals surface area contributed by atoms with Crippen LogP contribution in [0.25, 0.3) is 0 Å². The lowest BCUT2D eigenvalue weighted by molar-refractivity contribution is -0.131. The molecule has 1 N–H and O–H groups in total. The lowest BCUT2D eigenvalue weighted by Crippen LogP contribution is -2.57. The summed E-state index contributed by atoms with van der Waals surface area (Å²) in [5, 5.41) is 3.38. The monoisotopic (exact) mass is 401 g/mol. The van der Waals surface area contributed by atoms with Gasteiger partial charge in [0.05, 0.1) is 0 Å². The van der Waals surface area contributed by atoms with Crippen molar-refractivity contribution in [3.05, 3.63) is 35.6 Å². The minimum atomic E-state index is -0.151. The first-order valence-electron chi connectivity index (χ1n) is 11.7. The number of rotatable bonds is 8. The second-order valence-electron chi connectivity index (χ2n) is 9.25. The van der Waals surface area contributed by atoms with Crippen molar-refractivity contribution in [1.82, 2.24) is 15.1 Å². The molecule has 3 aliphatic rings. The molecule has 5 heteroatoms. The lowest BCUT2D eigenvalue weighted by Gasteiger charge is -2.46. The van der Waals surface area contributed by atoms with Gasteiger partial charge in [0.25, 0.3) is 0 Å². The van der Waals surface area contributed by atoms with E-state index in [2.05, 4.69) is 15.1 Å². The Morgan fingerprint density at radius 3 is 2.59 bits per heavy atom. The van der Waals surface area contributed by atoms with E-state index in [4.69, 9.17) is 0 Å². The molecule has 0 aromatic heterocycles. The van der Waals surface area contributed by atoms with Crippen LogP contribution in [0.1, 0.15) is 69.8 Å². The number of amides is 1. The third-order valence-electron chi connectivity index (χ3n) is 7.41. The number of carbonyl (C=O) groups excluding carboxylic acids is 1. The fourth-order valence-electron chi connectivity index (χ4n) is 5.74. The van der Waals surface area contributed by atoms with Crippen molar-refractivity contribution in [2.24, 2.45) is 0 Å². The van der Waals surface area contributed by atoms with Crippen molar-refractivity contribution < 1.29 is 9.18 Å². The van der Waals surface area contributed by atoms with Crippen LogP contribution in [-0.4, -0.2) is 53.5 Å². The highest BCUT2D eigenvalue weighted by Crippen LogP contribution is 2.39. The van der Waals surface area contributed by atoms with Gasteiger partial charge in [-0.2, -0.15) is 0 Å². The molecule has 1 aliphatic carbocycles. The standard InChI is InChI=1S/C24H36FN3O/c25-22-9-3-2-8-20(22)18-26-15-12-21-10-11-23(29)28(21)19-24(13-4-5-14-24)27-16-6-1-7-17-27/h2-3,8-9,21,26H,1,4-7,10-19H2. The number of hydrogen-bond acceptors (Lipinski definition) is 3. The second kappa shape index (κ2) is 9.57. The van der Waals surface area contributed by atoms with Crippen molar-refractivity contribution >= 4 is 5.91 Å². The van der Waals surface area contributed by atoms with E-state index in [1.807, 2.05) is 12.1 Å². The highest BCUT2D eigenvalue weighted by molar-refractivity contribution is 5.78. The molecule has 3 fully saturated rings. The minimum Gasteiger partial charge on any atom is -0.338 e. The molecule has 160 valence electrons. The average molecular weight is 402 g/mol. The molecule has 4 nitrogen and oxygen atoms in total. The van der Waals surface area contributed by atoms with Crippen molar-refractivity contribution in [3.8, 4) is 0 Å². The molecule has 1 amide bonds. The Morgan fingerprint density at radius 1 is 1.07 bits per heavy atom. The Kier molecular flexibility index (Phi) is 6.86. The zero-order valence-electron chi connectivity index (χ0n) is 17.7. The molecule has 0 bridgehead atoms. The number of hydrogen-bond donors (Lipinski definition) is 1. The molecule has 1 aromatic rings. The molecular weight excluding hydrogens is 365 g/mol. The Bertz CT molecular complexity index is 682. The summed E-state index contributed by atoms with van der Waals surface area (Å²) in [5.74, 6) is 0.190. The molecule has 0 spiro atoms. The molecule has 0 radical (unpaired) electrons. The predicted octanol–water partition coefficient (Wildman–Crippen LogP) is 4.10. The molecule has 1 saturated carbocycles. The first-order valence-corrected chi connectivity index (χ1v) is 11.7. The second-order valence-corrected chi connectivity index (χ2v) is 9.25. The van der Waals surface area contributed by atoms with Crippen LogP contribution in [0.15, 0.2) is 24.3 Å². The van der Waals surface area contributed by atoms with Crippen molar-refractivity contribution in [1.29, 1.82) is 0 Å². The van der Waals surface area contributed by atoms with Crippen LogP contribution in [-0.2, 0) is 11.3 Å². The van der Waals surface area contributed by atoms with Crippen LogP contribution >= 0.6 is 0 Å². The van der Waals surface area contributed by atoms with Crippen molar-refractivity contribution in [2.45, 2.75) is 82.3 Å². The van der Waals surface area contributed by atoms with E-state index in [1.165, 1.54) is 64.1 Å². The van der Waals surface area contributed by atoms with Crippen LogP contribution in [0.5, 0.6) is 0 Å². The predicted molar refractivity (Wildman–Crippen MR) is 114 cm³/mol. The van der Waals surface area contributed by atoms with E-state index < -0.39 is 0 Å². The zero-order valence-corrected chi connectivity index (χ0v) is 17.7. The van der Waals surface area contributed by atoms with E-state index in [0.717, 1.165) is 25.9 Å². The molecule has 1 aromatic carbocycles. The molecular formula is C24H36FN3O. The smallest absolute Gasteiger partial charge is 0.222 e. The van der Waals surface area contributed by atoms with Crippen molar-refractivity contribution in [3.63, 3.8) is 0 Å². The summed E-state index contributed by atoms with van der Waals surface area (Å²) in [6, 6.07) is 7.27. The quantitative estimate of drug-likeness (QED) is 0.667. The van der Waals surface area contributed by atoms with E-state index in [-0.39, 0.29) is 11.4 Å². The molecule has 2 aliphatic heterocycles. The fourth-order valence-corrected chi connectivity index (χ4v) is 5.74. The molecule has 1 unspecified atom stereocenters.